The summed E-state index contributed by atoms with van der Waals surface area (Å²) in [6.45, 7) is 6.76. The number of nitrogens with one attached hydrogen (secondary N) is 1. The van der Waals surface area contributed by atoms with Crippen molar-refractivity contribution in [2.24, 2.45) is 0 Å². The number of hydrogen-bond acceptors (Lipinski definition) is 5. The minimum absolute atomic E-state index is 0.222. The molecule has 4 rings (SSSR count). The van der Waals surface area contributed by atoms with E-state index < -0.39 is 5.91 Å². The molecule has 0 saturated heterocycles. The Hall–Kier alpha value is -4.06. The fourth-order valence-corrected chi connectivity index (χ4v) is 3.72. The van der Waals surface area contributed by atoms with Gasteiger partial charge in [0.25, 0.3) is 11.8 Å². The molecular weight excluding hydrogens is 416 g/mol. The van der Waals surface area contributed by atoms with Crippen molar-refractivity contribution in [1.82, 2.24) is 0 Å². The number of hydrogen-bond donors (Lipinski definition) is 1. The van der Waals surface area contributed by atoms with Crippen LogP contribution in [-0.2, 0) is 9.59 Å². The number of rotatable bonds is 8. The predicted molar refractivity (Wildman–Crippen MR) is 129 cm³/mol. The first-order chi connectivity index (χ1) is 16.0. The van der Waals surface area contributed by atoms with E-state index in [0.29, 0.717) is 47.2 Å². The molecule has 168 valence electrons. The predicted octanol–water partition coefficient (Wildman–Crippen LogP) is 5.19. The fourth-order valence-electron chi connectivity index (χ4n) is 3.72. The molecule has 1 heterocycles. The molecule has 0 saturated carbocycles. The molecule has 0 bridgehead atoms. The van der Waals surface area contributed by atoms with E-state index in [1.54, 1.807) is 42.5 Å². The van der Waals surface area contributed by atoms with Gasteiger partial charge in [-0.05, 0) is 50.6 Å². The molecule has 6 nitrogen and oxygen atoms in total. The van der Waals surface area contributed by atoms with Crippen LogP contribution in [0, 0.1) is 6.92 Å². The highest BCUT2D eigenvalue weighted by Crippen LogP contribution is 2.36. The van der Waals surface area contributed by atoms with Crippen molar-refractivity contribution >= 4 is 28.8 Å². The van der Waals surface area contributed by atoms with Crippen LogP contribution in [0.4, 0.5) is 11.4 Å². The maximum absolute atomic E-state index is 13.5. The van der Waals surface area contributed by atoms with Crippen LogP contribution in [0.25, 0.3) is 5.57 Å². The smallest absolute Gasteiger partial charge is 0.282 e. The Kier molecular flexibility index (Phi) is 6.45. The molecule has 0 aromatic heterocycles. The third-order valence-electron chi connectivity index (χ3n) is 5.25. The van der Waals surface area contributed by atoms with E-state index in [2.05, 4.69) is 5.32 Å². The molecule has 6 heteroatoms. The van der Waals surface area contributed by atoms with Crippen LogP contribution in [-0.4, -0.2) is 25.0 Å². The Labute approximate surface area is 193 Å². The van der Waals surface area contributed by atoms with Crippen molar-refractivity contribution in [2.75, 3.05) is 23.4 Å². The van der Waals surface area contributed by atoms with Crippen molar-refractivity contribution < 1.29 is 19.1 Å². The van der Waals surface area contributed by atoms with Crippen molar-refractivity contribution in [3.63, 3.8) is 0 Å². The average Bonchev–Trinajstić information content (AvgIpc) is 3.06. The number of ether oxygens (including phenoxy) is 2. The van der Waals surface area contributed by atoms with Crippen LogP contribution in [0.1, 0.15) is 25.0 Å². The van der Waals surface area contributed by atoms with Crippen LogP contribution >= 0.6 is 0 Å². The zero-order valence-electron chi connectivity index (χ0n) is 18.9. The molecule has 3 aromatic rings. The van der Waals surface area contributed by atoms with Crippen molar-refractivity contribution in [3.8, 4) is 11.5 Å². The lowest BCUT2D eigenvalue weighted by Gasteiger charge is -2.16. The Morgan fingerprint density at radius 3 is 2.12 bits per heavy atom. The summed E-state index contributed by atoms with van der Waals surface area (Å²) < 4.78 is 11.3. The Morgan fingerprint density at radius 2 is 1.45 bits per heavy atom. The highest BCUT2D eigenvalue weighted by molar-refractivity contribution is 6.46. The van der Waals surface area contributed by atoms with Crippen LogP contribution in [0.15, 0.2) is 78.5 Å². The molecule has 1 aliphatic rings. The van der Waals surface area contributed by atoms with E-state index in [9.17, 15) is 9.59 Å². The van der Waals surface area contributed by atoms with Gasteiger partial charge in [-0.1, -0.05) is 48.0 Å². The van der Waals surface area contributed by atoms with E-state index in [1.165, 1.54) is 4.90 Å². The molecule has 0 radical (unpaired) electrons. The standard InChI is InChI=1S/C27H26N2O4/c1-4-32-22-16-15-20(17-23(22)33-5-2)28-25-24(19-13-11-18(3)12-14-19)26(30)29(27(25)31)21-9-7-6-8-10-21/h6-17,28H,4-5H2,1-3H3. The van der Waals surface area contributed by atoms with E-state index in [0.717, 1.165) is 5.56 Å². The summed E-state index contributed by atoms with van der Waals surface area (Å²) in [7, 11) is 0. The van der Waals surface area contributed by atoms with E-state index >= 15 is 0 Å². The van der Waals surface area contributed by atoms with E-state index in [-0.39, 0.29) is 11.6 Å². The van der Waals surface area contributed by atoms with Gasteiger partial charge in [0.05, 0.1) is 24.5 Å². The number of carbonyl (C=O) groups excluding carboxylic acids is 2. The molecule has 1 N–H and O–H groups in total. The zero-order valence-corrected chi connectivity index (χ0v) is 18.9. The number of aryl methyl sites for hydroxylation is 1. The molecule has 0 unspecified atom stereocenters. The second-order valence-corrected chi connectivity index (χ2v) is 7.55. The minimum Gasteiger partial charge on any atom is -0.490 e. The third-order valence-corrected chi connectivity index (χ3v) is 5.25. The molecule has 0 aliphatic carbocycles. The zero-order chi connectivity index (χ0) is 23.4. The van der Waals surface area contributed by atoms with E-state index in [4.69, 9.17) is 9.47 Å². The lowest BCUT2D eigenvalue weighted by molar-refractivity contribution is -0.120. The summed E-state index contributed by atoms with van der Waals surface area (Å²) in [6, 6.07) is 21.9. The van der Waals surface area contributed by atoms with Crippen LogP contribution in [0.2, 0.25) is 0 Å². The van der Waals surface area contributed by atoms with Gasteiger partial charge >= 0.3 is 0 Å². The molecule has 3 aromatic carbocycles. The number of imide groups is 1. The number of para-hydroxylation sites is 1. The number of amides is 2. The van der Waals surface area contributed by atoms with E-state index in [1.807, 2.05) is 51.1 Å². The van der Waals surface area contributed by atoms with Crippen LogP contribution in [0.5, 0.6) is 11.5 Å². The maximum Gasteiger partial charge on any atom is 0.282 e. The molecule has 0 atom stereocenters. The lowest BCUT2D eigenvalue weighted by Crippen LogP contribution is -2.32. The number of benzene rings is 3. The summed E-state index contributed by atoms with van der Waals surface area (Å²) in [5.74, 6) is 0.415. The van der Waals surface area contributed by atoms with Gasteiger partial charge in [0, 0.05) is 11.8 Å². The summed E-state index contributed by atoms with van der Waals surface area (Å²) in [6.07, 6.45) is 0. The van der Waals surface area contributed by atoms with Gasteiger partial charge < -0.3 is 14.8 Å². The number of nitrogens with zero attached hydrogens (tertiary/aromatic N) is 1. The molecule has 33 heavy (non-hydrogen) atoms. The van der Waals surface area contributed by atoms with Gasteiger partial charge in [-0.15, -0.1) is 0 Å². The monoisotopic (exact) mass is 442 g/mol. The Balaban J connectivity index is 1.78. The highest BCUT2D eigenvalue weighted by atomic mass is 16.5. The molecule has 0 fully saturated rings. The van der Waals surface area contributed by atoms with Crippen LogP contribution in [0.3, 0.4) is 0 Å². The van der Waals surface area contributed by atoms with Crippen molar-refractivity contribution in [3.05, 3.63) is 89.6 Å². The molecule has 0 spiro atoms. The van der Waals surface area contributed by atoms with Gasteiger partial charge in [0.2, 0.25) is 0 Å². The number of anilines is 2. The largest absolute Gasteiger partial charge is 0.490 e. The molecule has 2 amide bonds. The number of carbonyl (C=O) groups is 2. The normalized spacial score (nSPS) is 13.5. The van der Waals surface area contributed by atoms with Gasteiger partial charge in [-0.3, -0.25) is 9.59 Å². The maximum atomic E-state index is 13.5. The summed E-state index contributed by atoms with van der Waals surface area (Å²) in [5, 5.41) is 3.18. The SMILES string of the molecule is CCOc1ccc(NC2=C(c3ccc(C)cc3)C(=O)N(c3ccccc3)C2=O)cc1OCC. The van der Waals surface area contributed by atoms with Gasteiger partial charge in [-0.25, -0.2) is 4.90 Å². The van der Waals surface area contributed by atoms with Crippen LogP contribution < -0.4 is 19.7 Å². The third kappa shape index (κ3) is 4.46. The first-order valence-electron chi connectivity index (χ1n) is 10.9. The van der Waals surface area contributed by atoms with Crippen molar-refractivity contribution in [1.29, 1.82) is 0 Å². The minimum atomic E-state index is -0.409. The second-order valence-electron chi connectivity index (χ2n) is 7.55. The molecule has 1 aliphatic heterocycles. The van der Waals surface area contributed by atoms with Crippen molar-refractivity contribution in [2.45, 2.75) is 20.8 Å². The van der Waals surface area contributed by atoms with Gasteiger partial charge in [0.1, 0.15) is 5.70 Å². The Bertz CT molecular complexity index is 1200. The highest BCUT2D eigenvalue weighted by Gasteiger charge is 2.40. The van der Waals surface area contributed by atoms with Gasteiger partial charge in [0.15, 0.2) is 11.5 Å². The summed E-state index contributed by atoms with van der Waals surface area (Å²) in [4.78, 5) is 28.2. The average molecular weight is 443 g/mol. The quantitative estimate of drug-likeness (QED) is 0.487. The second kappa shape index (κ2) is 9.61. The summed E-state index contributed by atoms with van der Waals surface area (Å²) >= 11 is 0. The first-order valence-corrected chi connectivity index (χ1v) is 10.9. The Morgan fingerprint density at radius 1 is 0.788 bits per heavy atom. The topological polar surface area (TPSA) is 67.9 Å². The van der Waals surface area contributed by atoms with Gasteiger partial charge in [-0.2, -0.15) is 0 Å². The first kappa shape index (κ1) is 22.1. The fraction of sp³-hybridized carbons (Fsp3) is 0.185. The lowest BCUT2D eigenvalue weighted by atomic mass is 10.0. The molecular formula is C27H26N2O4. The summed E-state index contributed by atoms with van der Waals surface area (Å²) in [5.41, 5.74) is 3.44.